The largest absolute Gasteiger partial charge is 0.408 e. The van der Waals surface area contributed by atoms with E-state index in [9.17, 15) is 13.2 Å². The highest BCUT2D eigenvalue weighted by Crippen LogP contribution is 2.39. The van der Waals surface area contributed by atoms with Crippen LogP contribution in [0.5, 0.6) is 0 Å². The minimum atomic E-state index is -4.46. The zero-order valence-corrected chi connectivity index (χ0v) is 19.4. The van der Waals surface area contributed by atoms with Crippen LogP contribution in [0.3, 0.4) is 0 Å². The number of halogens is 3. The molecule has 0 unspecified atom stereocenters. The van der Waals surface area contributed by atoms with Crippen molar-refractivity contribution >= 4 is 22.8 Å². The minimum absolute atomic E-state index is 0.306. The predicted molar refractivity (Wildman–Crippen MR) is 125 cm³/mol. The van der Waals surface area contributed by atoms with Crippen molar-refractivity contribution in [3.8, 4) is 33.9 Å². The zero-order valence-electron chi connectivity index (χ0n) is 18.6. The van der Waals surface area contributed by atoms with Gasteiger partial charge in [0.15, 0.2) is 0 Å². The third kappa shape index (κ3) is 3.96. The van der Waals surface area contributed by atoms with Crippen LogP contribution in [-0.4, -0.2) is 47.2 Å². The smallest absolute Gasteiger partial charge is 0.276 e. The number of alkyl halides is 3. The molecule has 0 radical (unpaired) electrons. The van der Waals surface area contributed by atoms with Crippen molar-refractivity contribution in [1.82, 2.24) is 34.7 Å². The number of nitrogens with zero attached hydrogens (tertiary/aromatic N) is 6. The molecule has 0 atom stereocenters. The van der Waals surface area contributed by atoms with E-state index in [2.05, 4.69) is 20.4 Å². The Kier molecular flexibility index (Phi) is 5.43. The Labute approximate surface area is 197 Å². The first-order valence-electron chi connectivity index (χ1n) is 10.4. The molecule has 11 heteroatoms. The molecule has 0 spiro atoms. The number of aromatic nitrogens is 7. The molecule has 0 bridgehead atoms. The van der Waals surface area contributed by atoms with E-state index >= 15 is 0 Å². The van der Waals surface area contributed by atoms with Crippen molar-refractivity contribution in [3.63, 3.8) is 0 Å². The van der Waals surface area contributed by atoms with Crippen LogP contribution in [-0.2, 0) is 13.6 Å². The van der Waals surface area contributed by atoms with Crippen molar-refractivity contribution in [2.45, 2.75) is 24.5 Å². The topological polar surface area (TPSA) is 77.2 Å². The molecule has 1 aromatic carbocycles. The summed E-state index contributed by atoms with van der Waals surface area (Å²) in [5.74, 6) is 0. The van der Waals surface area contributed by atoms with Crippen molar-refractivity contribution in [3.05, 3.63) is 54.4 Å². The maximum absolute atomic E-state index is 13.6. The highest BCUT2D eigenvalue weighted by molar-refractivity contribution is 7.98. The molecule has 0 aliphatic rings. The van der Waals surface area contributed by atoms with Crippen molar-refractivity contribution < 1.29 is 13.2 Å². The predicted octanol–water partition coefficient (Wildman–Crippen LogP) is 5.48. The van der Waals surface area contributed by atoms with E-state index in [-0.39, 0.29) is 0 Å². The van der Waals surface area contributed by atoms with Crippen molar-refractivity contribution in [2.24, 2.45) is 7.05 Å². The summed E-state index contributed by atoms with van der Waals surface area (Å²) in [6.45, 7) is 0.713. The molecule has 5 rings (SSSR count). The molecular formula is C23H20F3N7S. The molecule has 34 heavy (non-hydrogen) atoms. The Morgan fingerprint density at radius 1 is 1.06 bits per heavy atom. The zero-order chi connectivity index (χ0) is 24.0. The van der Waals surface area contributed by atoms with E-state index in [1.54, 1.807) is 35.8 Å². The number of rotatable bonds is 5. The lowest BCUT2D eigenvalue weighted by Crippen LogP contribution is -2.19. The number of fused-ring (bicyclic) bond motifs is 1. The maximum Gasteiger partial charge on any atom is 0.408 e. The number of H-pyrrole nitrogens is 1. The summed E-state index contributed by atoms with van der Waals surface area (Å²) in [5.41, 5.74) is 5.16. The summed E-state index contributed by atoms with van der Waals surface area (Å²) >= 11 is 1.61. The molecule has 174 valence electrons. The van der Waals surface area contributed by atoms with Gasteiger partial charge in [-0.3, -0.25) is 14.5 Å². The number of thioether (sulfide) groups is 1. The van der Waals surface area contributed by atoms with Gasteiger partial charge in [-0.15, -0.1) is 11.8 Å². The van der Waals surface area contributed by atoms with Gasteiger partial charge in [0, 0.05) is 29.9 Å². The Bertz CT molecular complexity index is 1480. The number of hydrogen-bond acceptors (Lipinski definition) is 5. The summed E-state index contributed by atoms with van der Waals surface area (Å²) in [6, 6.07) is 11.2. The van der Waals surface area contributed by atoms with Gasteiger partial charge >= 0.3 is 6.18 Å². The highest BCUT2D eigenvalue weighted by atomic mass is 32.2. The van der Waals surface area contributed by atoms with Gasteiger partial charge in [0.05, 0.1) is 22.6 Å². The number of aromatic amines is 1. The lowest BCUT2D eigenvalue weighted by molar-refractivity contribution is -0.141. The van der Waals surface area contributed by atoms with Crippen molar-refractivity contribution in [1.29, 1.82) is 0 Å². The monoisotopic (exact) mass is 483 g/mol. The second kappa shape index (κ2) is 8.32. The summed E-state index contributed by atoms with van der Waals surface area (Å²) < 4.78 is 43.4. The van der Waals surface area contributed by atoms with Gasteiger partial charge in [-0.1, -0.05) is 6.07 Å². The molecule has 0 amide bonds. The fourth-order valence-electron chi connectivity index (χ4n) is 4.06. The SMILES string of the molecule is CSc1ccc(-c2cc(-c3ccnn3C)nc3c(-c4ccn[nH]4)nn(CC(F)(F)F)c23)c(C)c1. The molecule has 0 fully saturated rings. The Morgan fingerprint density at radius 2 is 1.88 bits per heavy atom. The molecule has 0 saturated heterocycles. The van der Waals surface area contributed by atoms with Gasteiger partial charge in [0.25, 0.3) is 0 Å². The first kappa shape index (κ1) is 22.2. The van der Waals surface area contributed by atoms with Gasteiger partial charge < -0.3 is 0 Å². The molecule has 0 aliphatic heterocycles. The molecule has 4 heterocycles. The van der Waals surface area contributed by atoms with E-state index in [0.717, 1.165) is 26.4 Å². The van der Waals surface area contributed by atoms with Crippen LogP contribution in [0.1, 0.15) is 5.56 Å². The van der Waals surface area contributed by atoms with E-state index in [1.165, 1.54) is 6.20 Å². The lowest BCUT2D eigenvalue weighted by Gasteiger charge is -2.14. The standard InChI is InChI=1S/C23H20F3N7S/c1-13-10-14(34-3)4-5-15(13)16-11-18(19-7-9-28-32(19)2)29-21-20(17-6-8-27-30-17)31-33(22(16)21)12-23(24,25)26/h4-11H,12H2,1-3H3,(H,27,30). The second-order valence-corrected chi connectivity index (χ2v) is 8.74. The van der Waals surface area contributed by atoms with E-state index in [0.29, 0.717) is 33.7 Å². The average molecular weight is 484 g/mol. The Balaban J connectivity index is 1.89. The fourth-order valence-corrected chi connectivity index (χ4v) is 4.56. The normalized spacial score (nSPS) is 12.1. The summed E-state index contributed by atoms with van der Waals surface area (Å²) in [5, 5.41) is 15.3. The van der Waals surface area contributed by atoms with Gasteiger partial charge in [-0.2, -0.15) is 28.5 Å². The first-order chi connectivity index (χ1) is 16.2. The quantitative estimate of drug-likeness (QED) is 0.335. The third-order valence-corrected chi connectivity index (χ3v) is 6.31. The Morgan fingerprint density at radius 3 is 2.50 bits per heavy atom. The maximum atomic E-state index is 13.6. The molecule has 5 aromatic rings. The van der Waals surface area contributed by atoms with Crippen LogP contribution in [0.2, 0.25) is 0 Å². The first-order valence-corrected chi connectivity index (χ1v) is 11.6. The van der Waals surface area contributed by atoms with Crippen LogP contribution in [0, 0.1) is 6.92 Å². The molecule has 7 nitrogen and oxygen atoms in total. The fraction of sp³-hybridized carbons (Fsp3) is 0.217. The van der Waals surface area contributed by atoms with Crippen LogP contribution >= 0.6 is 11.8 Å². The number of benzene rings is 1. The van der Waals surface area contributed by atoms with E-state index < -0.39 is 12.7 Å². The number of pyridine rings is 1. The average Bonchev–Trinajstić information content (AvgIpc) is 3.52. The number of nitrogens with one attached hydrogen (secondary N) is 1. The van der Waals surface area contributed by atoms with Crippen molar-refractivity contribution in [2.75, 3.05) is 6.26 Å². The van der Waals surface area contributed by atoms with E-state index in [1.807, 2.05) is 43.5 Å². The number of aryl methyl sites for hydroxylation is 2. The summed E-state index contributed by atoms with van der Waals surface area (Å²) in [4.78, 5) is 5.84. The van der Waals surface area contributed by atoms with Crippen LogP contribution in [0.15, 0.2) is 53.7 Å². The van der Waals surface area contributed by atoms with Gasteiger partial charge in [-0.05, 0) is 54.6 Å². The summed E-state index contributed by atoms with van der Waals surface area (Å²) in [6.07, 6.45) is 0.706. The van der Waals surface area contributed by atoms with Gasteiger partial charge in [0.2, 0.25) is 0 Å². The summed E-state index contributed by atoms with van der Waals surface area (Å²) in [7, 11) is 1.79. The van der Waals surface area contributed by atoms with E-state index in [4.69, 9.17) is 4.98 Å². The van der Waals surface area contributed by atoms with Crippen LogP contribution in [0.4, 0.5) is 13.2 Å². The molecule has 0 saturated carbocycles. The number of hydrogen-bond donors (Lipinski definition) is 1. The van der Waals surface area contributed by atoms with Gasteiger partial charge in [0.1, 0.15) is 17.8 Å². The Hall–Kier alpha value is -3.60. The minimum Gasteiger partial charge on any atom is -0.276 e. The van der Waals surface area contributed by atoms with Gasteiger partial charge in [-0.25, -0.2) is 4.98 Å². The third-order valence-electron chi connectivity index (χ3n) is 5.59. The van der Waals surface area contributed by atoms with Crippen LogP contribution in [0.25, 0.3) is 44.9 Å². The molecular weight excluding hydrogens is 463 g/mol. The molecule has 0 aliphatic carbocycles. The van der Waals surface area contributed by atoms with Crippen LogP contribution < -0.4 is 0 Å². The molecule has 1 N–H and O–H groups in total. The molecule has 4 aromatic heterocycles. The lowest BCUT2D eigenvalue weighted by atomic mass is 9.98. The highest BCUT2D eigenvalue weighted by Gasteiger charge is 2.32. The second-order valence-electron chi connectivity index (χ2n) is 7.86.